The lowest BCUT2D eigenvalue weighted by Crippen LogP contribution is -1.98. The topological polar surface area (TPSA) is 37.3 Å². The highest BCUT2D eigenvalue weighted by Gasteiger charge is 2.00. The second kappa shape index (κ2) is 10.7. The Morgan fingerprint density at radius 3 is 2.07 bits per heavy atom. The maximum Gasteiger partial charge on any atom is 0.132 e. The summed E-state index contributed by atoms with van der Waals surface area (Å²) in [7, 11) is 0. The molecule has 0 atom stereocenters. The first kappa shape index (κ1) is 13.6. The number of hydrogen-bond acceptors (Lipinski definition) is 2. The fraction of sp³-hybridized carbons (Fsp3) is 0.917. The van der Waals surface area contributed by atoms with Gasteiger partial charge in [-0.15, -0.1) is 0 Å². The second-order valence-electron chi connectivity index (χ2n) is 3.88. The predicted molar refractivity (Wildman–Crippen MR) is 59.3 cm³/mol. The summed E-state index contributed by atoms with van der Waals surface area (Å²) in [6, 6.07) is 0. The third kappa shape index (κ3) is 9.72. The molecule has 0 unspecified atom stereocenters. The lowest BCUT2D eigenvalue weighted by molar-refractivity contribution is -0.119. The minimum Gasteiger partial charge on any atom is -0.396 e. The molecule has 2 heteroatoms. The van der Waals surface area contributed by atoms with Crippen LogP contribution >= 0.6 is 0 Å². The van der Waals surface area contributed by atoms with Crippen molar-refractivity contribution in [2.45, 2.75) is 64.7 Å². The average Bonchev–Trinajstić information content (AvgIpc) is 2.18. The van der Waals surface area contributed by atoms with E-state index in [1.165, 1.54) is 25.7 Å². The molecule has 0 heterocycles. The zero-order valence-electron chi connectivity index (χ0n) is 9.43. The molecule has 0 aliphatic rings. The van der Waals surface area contributed by atoms with Gasteiger partial charge in [-0.3, -0.25) is 4.79 Å². The van der Waals surface area contributed by atoms with Crippen LogP contribution in [0.5, 0.6) is 0 Å². The van der Waals surface area contributed by atoms with Crippen LogP contribution in [-0.4, -0.2) is 17.5 Å². The van der Waals surface area contributed by atoms with Gasteiger partial charge in [-0.1, -0.05) is 32.6 Å². The average molecular weight is 200 g/mol. The number of aliphatic hydroxyl groups is 1. The van der Waals surface area contributed by atoms with Gasteiger partial charge >= 0.3 is 0 Å². The van der Waals surface area contributed by atoms with Crippen LogP contribution in [0.4, 0.5) is 0 Å². The molecule has 0 amide bonds. The zero-order chi connectivity index (χ0) is 10.6. The quantitative estimate of drug-likeness (QED) is 0.550. The number of Topliss-reactive ketones (excluding diaryl/α,β-unsaturated/α-hetero) is 1. The lowest BCUT2D eigenvalue weighted by atomic mass is 10.1. The first-order valence-corrected chi connectivity index (χ1v) is 5.93. The number of aliphatic hydroxyl groups excluding tert-OH is 1. The van der Waals surface area contributed by atoms with E-state index < -0.39 is 0 Å². The first-order chi connectivity index (χ1) is 6.81. The summed E-state index contributed by atoms with van der Waals surface area (Å²) in [6.45, 7) is 2.41. The third-order valence-electron chi connectivity index (χ3n) is 2.42. The van der Waals surface area contributed by atoms with Gasteiger partial charge in [-0.25, -0.2) is 0 Å². The molecule has 0 rings (SSSR count). The zero-order valence-corrected chi connectivity index (χ0v) is 9.43. The fourth-order valence-electron chi connectivity index (χ4n) is 1.48. The van der Waals surface area contributed by atoms with E-state index in [-0.39, 0.29) is 6.61 Å². The highest BCUT2D eigenvalue weighted by molar-refractivity contribution is 5.78. The van der Waals surface area contributed by atoms with E-state index in [4.69, 9.17) is 5.11 Å². The molecule has 1 N–H and O–H groups in total. The summed E-state index contributed by atoms with van der Waals surface area (Å²) >= 11 is 0. The van der Waals surface area contributed by atoms with Crippen molar-refractivity contribution in [2.24, 2.45) is 0 Å². The van der Waals surface area contributed by atoms with Gasteiger partial charge in [0.25, 0.3) is 0 Å². The summed E-state index contributed by atoms with van der Waals surface area (Å²) < 4.78 is 0. The molecule has 0 aromatic carbocycles. The van der Waals surface area contributed by atoms with Crippen molar-refractivity contribution in [3.63, 3.8) is 0 Å². The van der Waals surface area contributed by atoms with Crippen molar-refractivity contribution in [3.8, 4) is 0 Å². The molecule has 2 nitrogen and oxygen atoms in total. The molecule has 0 saturated heterocycles. The summed E-state index contributed by atoms with van der Waals surface area (Å²) in [5, 5.41) is 8.54. The Balaban J connectivity index is 3.10. The van der Waals surface area contributed by atoms with Crippen molar-refractivity contribution in [3.05, 3.63) is 0 Å². The van der Waals surface area contributed by atoms with Crippen molar-refractivity contribution >= 4 is 5.78 Å². The molecule has 0 aromatic rings. The Morgan fingerprint density at radius 1 is 0.929 bits per heavy atom. The van der Waals surface area contributed by atoms with E-state index in [2.05, 4.69) is 6.92 Å². The van der Waals surface area contributed by atoms with Gasteiger partial charge in [0.15, 0.2) is 0 Å². The minimum atomic E-state index is 0.212. The van der Waals surface area contributed by atoms with Crippen LogP contribution in [0.1, 0.15) is 64.7 Å². The largest absolute Gasteiger partial charge is 0.396 e. The second-order valence-corrected chi connectivity index (χ2v) is 3.88. The van der Waals surface area contributed by atoms with E-state index >= 15 is 0 Å². The van der Waals surface area contributed by atoms with Gasteiger partial charge < -0.3 is 5.11 Å². The molecule has 0 aromatic heterocycles. The highest BCUT2D eigenvalue weighted by atomic mass is 16.2. The highest BCUT2D eigenvalue weighted by Crippen LogP contribution is 2.07. The third-order valence-corrected chi connectivity index (χ3v) is 2.42. The predicted octanol–water partition coefficient (Wildman–Crippen LogP) is 3.08. The number of unbranched alkanes of at least 4 members (excludes halogenated alkanes) is 5. The van der Waals surface area contributed by atoms with E-state index in [0.29, 0.717) is 12.2 Å². The molecule has 0 saturated carbocycles. The molecule has 0 aliphatic carbocycles. The maximum atomic E-state index is 11.3. The van der Waals surface area contributed by atoms with E-state index in [0.717, 1.165) is 25.7 Å². The Kier molecular flexibility index (Phi) is 10.4. The van der Waals surface area contributed by atoms with Gasteiger partial charge in [-0.05, 0) is 19.3 Å². The maximum absolute atomic E-state index is 11.3. The monoisotopic (exact) mass is 200 g/mol. The molecule has 14 heavy (non-hydrogen) atoms. The van der Waals surface area contributed by atoms with Crippen LogP contribution in [0, 0.1) is 0 Å². The number of rotatable bonds is 10. The van der Waals surface area contributed by atoms with Gasteiger partial charge in [0.05, 0.1) is 0 Å². The number of carbonyl (C=O) groups excluding carboxylic acids is 1. The van der Waals surface area contributed by atoms with Gasteiger partial charge in [-0.2, -0.15) is 0 Å². The Hall–Kier alpha value is -0.370. The summed E-state index contributed by atoms with van der Waals surface area (Å²) in [6.07, 6.45) is 9.08. The smallest absolute Gasteiger partial charge is 0.132 e. The van der Waals surface area contributed by atoms with Crippen LogP contribution in [0.15, 0.2) is 0 Å². The summed E-state index contributed by atoms with van der Waals surface area (Å²) in [5.74, 6) is 0.370. The molecular weight excluding hydrogens is 176 g/mol. The van der Waals surface area contributed by atoms with Crippen LogP contribution < -0.4 is 0 Å². The Bertz CT molecular complexity index is 132. The molecule has 0 radical (unpaired) electrons. The Morgan fingerprint density at radius 2 is 1.50 bits per heavy atom. The summed E-state index contributed by atoms with van der Waals surface area (Å²) in [5.41, 5.74) is 0. The van der Waals surface area contributed by atoms with Crippen LogP contribution in [0.3, 0.4) is 0 Å². The van der Waals surface area contributed by atoms with Crippen molar-refractivity contribution in [1.82, 2.24) is 0 Å². The first-order valence-electron chi connectivity index (χ1n) is 5.93. The number of carbonyl (C=O) groups is 1. The van der Waals surface area contributed by atoms with Gasteiger partial charge in [0, 0.05) is 19.4 Å². The van der Waals surface area contributed by atoms with Crippen LogP contribution in [-0.2, 0) is 4.79 Å². The van der Waals surface area contributed by atoms with E-state index in [1.807, 2.05) is 0 Å². The SMILES string of the molecule is CCCCCCCC(=O)CCCCO. The number of hydrogen-bond donors (Lipinski definition) is 1. The number of ketones is 1. The van der Waals surface area contributed by atoms with Gasteiger partial charge in [0.2, 0.25) is 0 Å². The lowest BCUT2D eigenvalue weighted by Gasteiger charge is -2.00. The van der Waals surface area contributed by atoms with E-state index in [9.17, 15) is 4.79 Å². The molecule has 0 aliphatic heterocycles. The minimum absolute atomic E-state index is 0.212. The molecule has 0 bridgehead atoms. The van der Waals surface area contributed by atoms with Gasteiger partial charge in [0.1, 0.15) is 5.78 Å². The summed E-state index contributed by atoms with van der Waals surface area (Å²) in [4.78, 5) is 11.3. The van der Waals surface area contributed by atoms with Crippen molar-refractivity contribution in [1.29, 1.82) is 0 Å². The molecule has 84 valence electrons. The van der Waals surface area contributed by atoms with Crippen molar-refractivity contribution in [2.75, 3.05) is 6.61 Å². The standard InChI is InChI=1S/C12H24O2/c1-2-3-4-5-6-9-12(14)10-7-8-11-13/h13H,2-11H2,1H3. The van der Waals surface area contributed by atoms with Crippen LogP contribution in [0.2, 0.25) is 0 Å². The van der Waals surface area contributed by atoms with Crippen molar-refractivity contribution < 1.29 is 9.90 Å². The molecule has 0 spiro atoms. The Labute approximate surface area is 87.7 Å². The molecular formula is C12H24O2. The van der Waals surface area contributed by atoms with E-state index in [1.54, 1.807) is 0 Å². The van der Waals surface area contributed by atoms with Crippen LogP contribution in [0.25, 0.3) is 0 Å². The fourth-order valence-corrected chi connectivity index (χ4v) is 1.48. The normalized spacial score (nSPS) is 10.4. The molecule has 0 fully saturated rings.